The summed E-state index contributed by atoms with van der Waals surface area (Å²) in [7, 11) is 0. The Morgan fingerprint density at radius 3 is 2.68 bits per heavy atom. The van der Waals surface area contributed by atoms with Crippen LogP contribution in [0.4, 0.5) is 0 Å². The van der Waals surface area contributed by atoms with Gasteiger partial charge in [-0.05, 0) is 61.6 Å². The van der Waals surface area contributed by atoms with Crippen LogP contribution in [0.5, 0.6) is 0 Å². The zero-order valence-corrected chi connectivity index (χ0v) is 20.8. The van der Waals surface area contributed by atoms with Crippen molar-refractivity contribution in [3.05, 3.63) is 34.9 Å². The van der Waals surface area contributed by atoms with Crippen LogP contribution in [0, 0.1) is 23.2 Å². The number of fused-ring (bicyclic) bond motifs is 1. The average Bonchev–Trinajstić information content (AvgIpc) is 3.45. The molecule has 4 heterocycles. The molecule has 1 aromatic carbocycles. The third-order valence-electron chi connectivity index (χ3n) is 8.81. The predicted octanol–water partition coefficient (Wildman–Crippen LogP) is 0.934. The molecule has 3 saturated heterocycles. The fraction of sp³-hybridized carbons (Fsp3) is 0.571. The lowest BCUT2D eigenvalue weighted by molar-refractivity contribution is -0.148. The summed E-state index contributed by atoms with van der Waals surface area (Å²) in [5, 5.41) is 2.34. The van der Waals surface area contributed by atoms with Crippen molar-refractivity contribution in [3.8, 4) is 11.8 Å². The van der Waals surface area contributed by atoms with Gasteiger partial charge < -0.3 is 20.3 Å². The van der Waals surface area contributed by atoms with Gasteiger partial charge in [0.15, 0.2) is 0 Å². The van der Waals surface area contributed by atoms with Crippen LogP contribution >= 0.6 is 0 Å². The molecular weight excluding hydrogens is 472 g/mol. The lowest BCUT2D eigenvalue weighted by atomic mass is 9.90. The maximum atomic E-state index is 13.0. The number of piperidine rings is 2. The van der Waals surface area contributed by atoms with E-state index in [4.69, 9.17) is 10.5 Å². The summed E-state index contributed by atoms with van der Waals surface area (Å²) in [6.45, 7) is 2.25. The first kappa shape index (κ1) is 24.1. The second-order valence-corrected chi connectivity index (χ2v) is 11.1. The molecule has 1 aliphatic carbocycles. The van der Waals surface area contributed by atoms with Gasteiger partial charge in [-0.3, -0.25) is 24.5 Å². The molecule has 37 heavy (non-hydrogen) atoms. The number of hydrogen-bond donors (Lipinski definition) is 2. The van der Waals surface area contributed by atoms with Gasteiger partial charge in [0.2, 0.25) is 11.8 Å². The van der Waals surface area contributed by atoms with Gasteiger partial charge in [0, 0.05) is 49.1 Å². The van der Waals surface area contributed by atoms with Crippen molar-refractivity contribution < 1.29 is 23.9 Å². The molecule has 4 amide bonds. The molecule has 0 radical (unpaired) electrons. The summed E-state index contributed by atoms with van der Waals surface area (Å²) in [5.41, 5.74) is 8.32. The number of hydrogen-bond acceptors (Lipinski definition) is 6. The largest absolute Gasteiger partial charge is 0.367 e. The number of ether oxygens (including phenoxy) is 1. The van der Waals surface area contributed by atoms with Crippen molar-refractivity contribution in [1.82, 2.24) is 15.1 Å². The van der Waals surface area contributed by atoms with E-state index >= 15 is 0 Å². The number of nitrogens with two attached hydrogens (primary N) is 1. The van der Waals surface area contributed by atoms with Gasteiger partial charge in [0.05, 0.1) is 6.61 Å². The molecule has 9 nitrogen and oxygen atoms in total. The molecule has 1 saturated carbocycles. The summed E-state index contributed by atoms with van der Waals surface area (Å²) in [4.78, 5) is 53.3. The van der Waals surface area contributed by atoms with E-state index in [9.17, 15) is 19.2 Å². The molecule has 4 atom stereocenters. The smallest absolute Gasteiger partial charge is 0.255 e. The fourth-order valence-electron chi connectivity index (χ4n) is 6.31. The Bertz CT molecular complexity index is 1220. The molecule has 0 aromatic heterocycles. The highest BCUT2D eigenvalue weighted by molar-refractivity contribution is 6.05. The van der Waals surface area contributed by atoms with E-state index in [-0.39, 0.29) is 47.6 Å². The number of rotatable bonds is 2. The summed E-state index contributed by atoms with van der Waals surface area (Å²) in [6, 6.07) is 4.95. The van der Waals surface area contributed by atoms with Crippen molar-refractivity contribution in [1.29, 1.82) is 0 Å². The van der Waals surface area contributed by atoms with E-state index in [1.807, 2.05) is 17.0 Å². The second kappa shape index (κ2) is 9.26. The Morgan fingerprint density at radius 1 is 1.14 bits per heavy atom. The van der Waals surface area contributed by atoms with E-state index in [0.717, 1.165) is 49.9 Å². The lowest BCUT2D eigenvalue weighted by Crippen LogP contribution is -2.52. The Labute approximate surface area is 216 Å². The number of carbonyl (C=O) groups excluding carboxylic acids is 4. The number of likely N-dealkylation sites (tertiary alicyclic amines) is 1. The van der Waals surface area contributed by atoms with Crippen LogP contribution in [0.1, 0.15) is 66.4 Å². The van der Waals surface area contributed by atoms with Crippen LogP contribution in [0.25, 0.3) is 0 Å². The highest BCUT2D eigenvalue weighted by Crippen LogP contribution is 2.59. The van der Waals surface area contributed by atoms with E-state index in [2.05, 4.69) is 17.2 Å². The van der Waals surface area contributed by atoms with Crippen LogP contribution in [-0.2, 0) is 25.7 Å². The molecule has 4 aliphatic heterocycles. The Kier molecular flexibility index (Phi) is 6.04. The normalized spacial score (nSPS) is 30.5. The fourth-order valence-corrected chi connectivity index (χ4v) is 6.31. The number of nitrogens with zero attached hydrogens (tertiary/aromatic N) is 2. The van der Waals surface area contributed by atoms with Crippen LogP contribution < -0.4 is 11.1 Å². The second-order valence-electron chi connectivity index (χ2n) is 11.1. The molecule has 6 rings (SSSR count). The molecule has 9 heteroatoms. The van der Waals surface area contributed by atoms with Crippen LogP contribution in [0.15, 0.2) is 18.2 Å². The molecule has 4 fully saturated rings. The van der Waals surface area contributed by atoms with Gasteiger partial charge in [-0.1, -0.05) is 17.9 Å². The van der Waals surface area contributed by atoms with E-state index in [1.54, 1.807) is 11.0 Å². The van der Waals surface area contributed by atoms with Crippen LogP contribution in [-0.4, -0.2) is 71.3 Å². The first-order valence-electron chi connectivity index (χ1n) is 13.3. The minimum Gasteiger partial charge on any atom is -0.367 e. The molecule has 3 N–H and O–H groups in total. The minimum absolute atomic E-state index is 0.0314. The maximum absolute atomic E-state index is 13.0. The van der Waals surface area contributed by atoms with Gasteiger partial charge >= 0.3 is 0 Å². The van der Waals surface area contributed by atoms with Crippen LogP contribution in [0.2, 0.25) is 0 Å². The monoisotopic (exact) mass is 504 g/mol. The number of benzene rings is 1. The highest BCUT2D eigenvalue weighted by atomic mass is 16.5. The molecule has 5 aliphatic rings. The average molecular weight is 505 g/mol. The molecular formula is C28H32N4O5. The third-order valence-corrected chi connectivity index (χ3v) is 8.81. The summed E-state index contributed by atoms with van der Waals surface area (Å²) < 4.78 is 5.68. The van der Waals surface area contributed by atoms with Gasteiger partial charge in [-0.2, -0.15) is 0 Å². The van der Waals surface area contributed by atoms with Crippen molar-refractivity contribution in [3.63, 3.8) is 0 Å². The quantitative estimate of drug-likeness (QED) is 0.457. The van der Waals surface area contributed by atoms with Crippen molar-refractivity contribution in [2.45, 2.75) is 69.7 Å². The van der Waals surface area contributed by atoms with Gasteiger partial charge in [0.25, 0.3) is 11.8 Å². The Balaban J connectivity index is 1.09. The molecule has 1 spiro atoms. The van der Waals surface area contributed by atoms with Crippen molar-refractivity contribution in [2.24, 2.45) is 17.1 Å². The summed E-state index contributed by atoms with van der Waals surface area (Å²) in [6.07, 6.45) is 4.66. The van der Waals surface area contributed by atoms with E-state index < -0.39 is 11.9 Å². The topological polar surface area (TPSA) is 122 Å². The Hall–Kier alpha value is -3.22. The standard InChI is InChI=1S/C28H32N4O5/c29-19-6-8-23(37-16-19)27(36)31-12-10-28(11-13-31)14-18(28)5-4-17-2-1-3-20-21(17)15-32(26(20)35)22-7-9-24(33)30-25(22)34/h1-3,18-19,22-23H,6-16,29H2,(H,30,33,34)/t18-,19+,22?,23-/m0/s1. The minimum atomic E-state index is -0.631. The van der Waals surface area contributed by atoms with Gasteiger partial charge in [0.1, 0.15) is 12.1 Å². The van der Waals surface area contributed by atoms with Crippen molar-refractivity contribution in [2.75, 3.05) is 19.7 Å². The lowest BCUT2D eigenvalue weighted by Gasteiger charge is -2.36. The van der Waals surface area contributed by atoms with Gasteiger partial charge in [-0.15, -0.1) is 0 Å². The number of imide groups is 1. The van der Waals surface area contributed by atoms with Gasteiger partial charge in [-0.25, -0.2) is 0 Å². The third kappa shape index (κ3) is 4.42. The van der Waals surface area contributed by atoms with E-state index in [0.29, 0.717) is 31.6 Å². The first-order chi connectivity index (χ1) is 17.8. The highest BCUT2D eigenvalue weighted by Gasteiger charge is 2.54. The van der Waals surface area contributed by atoms with E-state index in [1.165, 1.54) is 0 Å². The number of amides is 4. The Morgan fingerprint density at radius 2 is 1.95 bits per heavy atom. The predicted molar refractivity (Wildman–Crippen MR) is 133 cm³/mol. The molecule has 1 unspecified atom stereocenters. The summed E-state index contributed by atoms with van der Waals surface area (Å²) in [5.74, 6) is 6.28. The molecule has 194 valence electrons. The number of nitrogens with one attached hydrogen (secondary N) is 1. The van der Waals surface area contributed by atoms with Crippen molar-refractivity contribution >= 4 is 23.6 Å². The zero-order valence-electron chi connectivity index (χ0n) is 20.8. The molecule has 1 aromatic rings. The summed E-state index contributed by atoms with van der Waals surface area (Å²) >= 11 is 0. The molecule has 0 bridgehead atoms. The number of carbonyl (C=O) groups is 4. The zero-order chi connectivity index (χ0) is 25.7. The SMILES string of the molecule is N[C@@H]1CC[C@@H](C(=O)N2CCC3(CC2)C[C@@H]3C#Cc2cccc3c2CN(C2CCC(=O)NC2=O)C3=O)OC1. The first-order valence-corrected chi connectivity index (χ1v) is 13.3. The maximum Gasteiger partial charge on any atom is 0.255 e. The van der Waals surface area contributed by atoms with Crippen LogP contribution in [0.3, 0.4) is 0 Å².